The number of hydrogen-bond acceptors (Lipinski definition) is 2. The van der Waals surface area contributed by atoms with Gasteiger partial charge in [-0.1, -0.05) is 134 Å². The Kier molecular flexibility index (Phi) is 7.58. The zero-order chi connectivity index (χ0) is 31.2. The Labute approximate surface area is 262 Å². The van der Waals surface area contributed by atoms with Gasteiger partial charge in [0.2, 0.25) is 0 Å². The summed E-state index contributed by atoms with van der Waals surface area (Å²) in [6.07, 6.45) is 0.237. The van der Waals surface area contributed by atoms with Gasteiger partial charge in [-0.05, 0) is 90.3 Å². The summed E-state index contributed by atoms with van der Waals surface area (Å²) in [6, 6.07) is 37.1. The monoisotopic (exact) mass is 578 g/mol. The summed E-state index contributed by atoms with van der Waals surface area (Å²) >= 11 is 0. The molecule has 1 saturated carbocycles. The van der Waals surface area contributed by atoms with E-state index in [2.05, 4.69) is 145 Å². The molecule has 0 radical (unpaired) electrons. The van der Waals surface area contributed by atoms with Crippen molar-refractivity contribution in [1.82, 2.24) is 0 Å². The number of aryl methyl sites for hydroxylation is 2. The predicted molar refractivity (Wildman–Crippen MR) is 182 cm³/mol. The van der Waals surface area contributed by atoms with Gasteiger partial charge in [-0.2, -0.15) is 0 Å². The third-order valence-corrected chi connectivity index (χ3v) is 9.44. The number of esters is 1. The van der Waals surface area contributed by atoms with E-state index in [0.29, 0.717) is 6.61 Å². The van der Waals surface area contributed by atoms with E-state index in [1.807, 2.05) is 6.92 Å². The maximum atomic E-state index is 14.0. The predicted octanol–water partition coefficient (Wildman–Crippen LogP) is 10.2. The third-order valence-electron chi connectivity index (χ3n) is 9.44. The third kappa shape index (κ3) is 4.59. The summed E-state index contributed by atoms with van der Waals surface area (Å²) < 4.78 is 5.81. The van der Waals surface area contributed by atoms with Crippen molar-refractivity contribution >= 4 is 17.1 Å². The Morgan fingerprint density at radius 3 is 1.86 bits per heavy atom. The molecule has 6 rings (SSSR count). The second-order valence-corrected chi connectivity index (χ2v) is 13.0. The molecule has 2 heteroatoms. The number of benzene rings is 4. The van der Waals surface area contributed by atoms with Gasteiger partial charge in [0.15, 0.2) is 0 Å². The van der Waals surface area contributed by atoms with Crippen LogP contribution in [0.3, 0.4) is 0 Å². The Morgan fingerprint density at radius 2 is 1.32 bits per heavy atom. The number of carbonyl (C=O) groups excluding carboxylic acids is 1. The standard InChI is InChI=1S/C42H42O2/c1-8-44-35(43)26-42-34-25-29(5)21-24-33(34)37(32-22-19-28(4)20-23-32)39(42)38(27(2)3)41(6,7)40(42)36(30-15-11-9-12-16-30)31-17-13-10-14-18-31/h9-25H,8,26H2,1-7H3. The molecule has 4 aromatic carbocycles. The highest BCUT2D eigenvalue weighted by Gasteiger charge is 2.62. The van der Waals surface area contributed by atoms with E-state index in [1.54, 1.807) is 0 Å². The summed E-state index contributed by atoms with van der Waals surface area (Å²) in [5.74, 6) is -0.175. The van der Waals surface area contributed by atoms with Gasteiger partial charge in [-0.3, -0.25) is 4.79 Å². The van der Waals surface area contributed by atoms with Crippen molar-refractivity contribution in [1.29, 1.82) is 0 Å². The van der Waals surface area contributed by atoms with E-state index in [-0.39, 0.29) is 17.8 Å². The maximum Gasteiger partial charge on any atom is 0.307 e. The molecule has 1 unspecified atom stereocenters. The van der Waals surface area contributed by atoms with Crippen LogP contribution in [-0.2, 0) is 14.9 Å². The fraction of sp³-hybridized carbons (Fsp3) is 0.262. The Morgan fingerprint density at radius 1 is 0.750 bits per heavy atom. The Hall–Kier alpha value is -4.43. The molecule has 0 N–H and O–H groups in total. The van der Waals surface area contributed by atoms with Crippen molar-refractivity contribution in [2.45, 2.75) is 60.3 Å². The fourth-order valence-corrected chi connectivity index (χ4v) is 8.07. The van der Waals surface area contributed by atoms with Gasteiger partial charge < -0.3 is 4.74 Å². The zero-order valence-corrected chi connectivity index (χ0v) is 27.0. The minimum atomic E-state index is -0.717. The van der Waals surface area contributed by atoms with Crippen molar-refractivity contribution in [2.24, 2.45) is 5.41 Å². The summed E-state index contributed by atoms with van der Waals surface area (Å²) in [4.78, 5) is 14.0. The molecule has 4 aromatic rings. The van der Waals surface area contributed by atoms with E-state index in [4.69, 9.17) is 4.74 Å². The van der Waals surface area contributed by atoms with Gasteiger partial charge in [-0.25, -0.2) is 0 Å². The molecular weight excluding hydrogens is 536 g/mol. The van der Waals surface area contributed by atoms with E-state index in [1.165, 1.54) is 61.3 Å². The Bertz CT molecular complexity index is 1790. The highest BCUT2D eigenvalue weighted by molar-refractivity contribution is 6.02. The average Bonchev–Trinajstić information content (AvgIpc) is 3.36. The van der Waals surface area contributed by atoms with E-state index >= 15 is 0 Å². The number of hydrogen-bond donors (Lipinski definition) is 0. The molecule has 0 aromatic heterocycles. The number of carbonyl (C=O) groups is 1. The normalized spacial score (nSPS) is 18.2. The summed E-state index contributed by atoms with van der Waals surface area (Å²) in [5.41, 5.74) is 14.7. The minimum Gasteiger partial charge on any atom is -0.466 e. The number of ether oxygens (including phenoxy) is 1. The van der Waals surface area contributed by atoms with Crippen molar-refractivity contribution in [3.8, 4) is 0 Å². The molecule has 0 saturated heterocycles. The average molecular weight is 579 g/mol. The summed E-state index contributed by atoms with van der Waals surface area (Å²) in [6.45, 7) is 15.7. The highest BCUT2D eigenvalue weighted by Crippen LogP contribution is 2.71. The van der Waals surface area contributed by atoms with Crippen LogP contribution in [0.25, 0.3) is 11.1 Å². The van der Waals surface area contributed by atoms with Crippen LogP contribution < -0.4 is 0 Å². The molecule has 0 amide bonds. The van der Waals surface area contributed by atoms with Gasteiger partial charge in [0.25, 0.3) is 0 Å². The van der Waals surface area contributed by atoms with Crippen LogP contribution in [-0.4, -0.2) is 12.6 Å². The number of allylic oxidation sites excluding steroid dienone is 4. The van der Waals surface area contributed by atoms with E-state index < -0.39 is 5.41 Å². The largest absolute Gasteiger partial charge is 0.466 e. The molecule has 44 heavy (non-hydrogen) atoms. The van der Waals surface area contributed by atoms with Gasteiger partial charge >= 0.3 is 5.97 Å². The van der Waals surface area contributed by atoms with Crippen LogP contribution >= 0.6 is 0 Å². The second kappa shape index (κ2) is 11.2. The molecule has 0 bridgehead atoms. The maximum absolute atomic E-state index is 14.0. The molecule has 0 heterocycles. The lowest BCUT2D eigenvalue weighted by Crippen LogP contribution is -2.33. The lowest BCUT2D eigenvalue weighted by atomic mass is 9.65. The zero-order valence-electron chi connectivity index (χ0n) is 27.0. The Balaban J connectivity index is 1.89. The van der Waals surface area contributed by atoms with E-state index in [9.17, 15) is 4.79 Å². The quantitative estimate of drug-likeness (QED) is 0.213. The smallest absolute Gasteiger partial charge is 0.307 e. The van der Waals surface area contributed by atoms with E-state index in [0.717, 1.165) is 11.1 Å². The van der Waals surface area contributed by atoms with Crippen molar-refractivity contribution < 1.29 is 9.53 Å². The first-order valence-corrected chi connectivity index (χ1v) is 15.7. The van der Waals surface area contributed by atoms with Gasteiger partial charge in [0.05, 0.1) is 18.4 Å². The molecular formula is C42H42O2. The van der Waals surface area contributed by atoms with Crippen LogP contribution in [0.15, 0.2) is 125 Å². The minimum absolute atomic E-state index is 0.175. The van der Waals surface area contributed by atoms with Crippen molar-refractivity contribution in [3.63, 3.8) is 0 Å². The molecule has 222 valence electrons. The van der Waals surface area contributed by atoms with Crippen LogP contribution in [0.4, 0.5) is 0 Å². The summed E-state index contributed by atoms with van der Waals surface area (Å²) in [7, 11) is 0. The van der Waals surface area contributed by atoms with Crippen LogP contribution in [0, 0.1) is 19.3 Å². The molecule has 2 aliphatic rings. The molecule has 2 aliphatic carbocycles. The number of rotatable bonds is 6. The molecule has 1 atom stereocenters. The highest BCUT2D eigenvalue weighted by atomic mass is 16.5. The van der Waals surface area contributed by atoms with Crippen molar-refractivity contribution in [3.05, 3.63) is 164 Å². The molecule has 2 nitrogen and oxygen atoms in total. The first kappa shape index (κ1) is 29.6. The van der Waals surface area contributed by atoms with Gasteiger partial charge in [-0.15, -0.1) is 0 Å². The SMILES string of the molecule is CCOC(=O)CC12C(=C(c3ccc(C)cc3)c3ccc(C)cc31)C(=C(C)C)C(C)(C)C2=C(c1ccccc1)c1ccccc1. The van der Waals surface area contributed by atoms with Crippen LogP contribution in [0.1, 0.15) is 80.0 Å². The first-order valence-electron chi connectivity index (χ1n) is 15.7. The lowest BCUT2D eigenvalue weighted by Gasteiger charge is -2.36. The second-order valence-electron chi connectivity index (χ2n) is 13.0. The lowest BCUT2D eigenvalue weighted by molar-refractivity contribution is -0.144. The summed E-state index contributed by atoms with van der Waals surface area (Å²) in [5, 5.41) is 0. The van der Waals surface area contributed by atoms with Crippen molar-refractivity contribution in [2.75, 3.05) is 6.61 Å². The topological polar surface area (TPSA) is 26.3 Å². The molecule has 0 aliphatic heterocycles. The van der Waals surface area contributed by atoms with Gasteiger partial charge in [0.1, 0.15) is 0 Å². The van der Waals surface area contributed by atoms with Crippen LogP contribution in [0.2, 0.25) is 0 Å². The van der Waals surface area contributed by atoms with Crippen LogP contribution in [0.5, 0.6) is 0 Å². The molecule has 0 spiro atoms. The molecule has 1 fully saturated rings. The fourth-order valence-electron chi connectivity index (χ4n) is 8.07. The first-order chi connectivity index (χ1) is 21.1. The van der Waals surface area contributed by atoms with Gasteiger partial charge in [0, 0.05) is 5.41 Å². The number of fused-ring (bicyclic) bond motifs is 3.